The van der Waals surface area contributed by atoms with E-state index in [9.17, 15) is 0 Å². The third-order valence-corrected chi connectivity index (χ3v) is 6.40. The number of hydrogen-bond acceptors (Lipinski definition) is 2. The first kappa shape index (κ1) is 14.0. The van der Waals surface area contributed by atoms with Crippen LogP contribution >= 0.6 is 27.7 Å². The first-order valence-electron chi connectivity index (χ1n) is 7.32. The molecule has 1 N–H and O–H groups in total. The lowest BCUT2D eigenvalue weighted by molar-refractivity contribution is 0.434. The zero-order chi connectivity index (χ0) is 13.3. The van der Waals surface area contributed by atoms with E-state index in [2.05, 4.69) is 58.1 Å². The van der Waals surface area contributed by atoms with E-state index in [0.29, 0.717) is 0 Å². The van der Waals surface area contributed by atoms with Crippen molar-refractivity contribution in [3.8, 4) is 0 Å². The second-order valence-electron chi connectivity index (χ2n) is 5.99. The van der Waals surface area contributed by atoms with Gasteiger partial charge in [0.1, 0.15) is 0 Å². The summed E-state index contributed by atoms with van der Waals surface area (Å²) in [5.41, 5.74) is 3.14. The molecule has 0 bridgehead atoms. The van der Waals surface area contributed by atoms with Crippen LogP contribution < -0.4 is 5.32 Å². The Morgan fingerprint density at radius 2 is 2.11 bits per heavy atom. The van der Waals surface area contributed by atoms with Gasteiger partial charge in [0.15, 0.2) is 0 Å². The molecule has 1 nitrogen and oxygen atoms in total. The molecule has 0 aromatic heterocycles. The molecule has 1 unspecified atom stereocenters. The summed E-state index contributed by atoms with van der Waals surface area (Å²) in [6, 6.07) is 7.07. The van der Waals surface area contributed by atoms with Crippen molar-refractivity contribution in [3.63, 3.8) is 0 Å². The molecule has 0 radical (unpaired) electrons. The van der Waals surface area contributed by atoms with Gasteiger partial charge in [-0.3, -0.25) is 0 Å². The van der Waals surface area contributed by atoms with Crippen LogP contribution in [-0.2, 0) is 5.54 Å². The van der Waals surface area contributed by atoms with Crippen LogP contribution in [0.4, 0.5) is 0 Å². The minimum Gasteiger partial charge on any atom is -0.308 e. The Balaban J connectivity index is 1.85. The van der Waals surface area contributed by atoms with Crippen molar-refractivity contribution in [1.82, 2.24) is 5.32 Å². The largest absolute Gasteiger partial charge is 0.308 e. The molecule has 1 atom stereocenters. The van der Waals surface area contributed by atoms with Gasteiger partial charge in [0.05, 0.1) is 0 Å². The van der Waals surface area contributed by atoms with Gasteiger partial charge in [-0.1, -0.05) is 28.1 Å². The standard InChI is InChI=1S/C16H22BrNS/c1-16(7-2-8-18-16)13-3-4-14(15(17)11-13)12-5-9-19-10-6-12/h3-4,11-12,18H,2,5-10H2,1H3. The smallest absolute Gasteiger partial charge is 0.0406 e. The van der Waals surface area contributed by atoms with Crippen molar-refractivity contribution in [1.29, 1.82) is 0 Å². The number of rotatable bonds is 2. The van der Waals surface area contributed by atoms with Crippen molar-refractivity contribution in [3.05, 3.63) is 33.8 Å². The third-order valence-electron chi connectivity index (χ3n) is 4.67. The minimum absolute atomic E-state index is 0.184. The van der Waals surface area contributed by atoms with Gasteiger partial charge in [-0.2, -0.15) is 11.8 Å². The highest BCUT2D eigenvalue weighted by Gasteiger charge is 2.30. The molecular weight excluding hydrogens is 318 g/mol. The fraction of sp³-hybridized carbons (Fsp3) is 0.625. The highest BCUT2D eigenvalue weighted by atomic mass is 79.9. The molecule has 19 heavy (non-hydrogen) atoms. The molecular formula is C16H22BrNS. The first-order chi connectivity index (χ1) is 9.19. The average Bonchev–Trinajstić information content (AvgIpc) is 2.88. The van der Waals surface area contributed by atoms with Crippen LogP contribution in [0.1, 0.15) is 49.7 Å². The summed E-state index contributed by atoms with van der Waals surface area (Å²) in [6.07, 6.45) is 5.20. The maximum Gasteiger partial charge on any atom is 0.0406 e. The van der Waals surface area contributed by atoms with Crippen molar-refractivity contribution in [2.75, 3.05) is 18.1 Å². The van der Waals surface area contributed by atoms with E-state index in [1.54, 1.807) is 0 Å². The summed E-state index contributed by atoms with van der Waals surface area (Å²) < 4.78 is 1.32. The molecule has 0 saturated carbocycles. The van der Waals surface area contributed by atoms with Crippen LogP contribution in [0.25, 0.3) is 0 Å². The van der Waals surface area contributed by atoms with Gasteiger partial charge in [0, 0.05) is 10.0 Å². The summed E-state index contributed by atoms with van der Waals surface area (Å²) in [5, 5.41) is 3.65. The fourth-order valence-electron chi connectivity index (χ4n) is 3.35. The highest BCUT2D eigenvalue weighted by molar-refractivity contribution is 9.10. The molecule has 0 aliphatic carbocycles. The lowest BCUT2D eigenvalue weighted by Gasteiger charge is -2.28. The average molecular weight is 340 g/mol. The van der Waals surface area contributed by atoms with Crippen LogP contribution in [0.2, 0.25) is 0 Å². The van der Waals surface area contributed by atoms with Crippen molar-refractivity contribution in [2.45, 2.75) is 44.1 Å². The van der Waals surface area contributed by atoms with Crippen molar-refractivity contribution in [2.24, 2.45) is 0 Å². The zero-order valence-electron chi connectivity index (χ0n) is 11.5. The molecule has 0 amide bonds. The SMILES string of the molecule is CC1(c2ccc(C3CCSCC3)c(Br)c2)CCCN1. The number of hydrogen-bond donors (Lipinski definition) is 1. The molecule has 2 heterocycles. The Bertz CT molecular complexity index is 448. The van der Waals surface area contributed by atoms with Crippen LogP contribution in [0.5, 0.6) is 0 Å². The molecule has 1 aromatic rings. The van der Waals surface area contributed by atoms with E-state index in [-0.39, 0.29) is 5.54 Å². The van der Waals surface area contributed by atoms with E-state index in [4.69, 9.17) is 0 Å². The lowest BCUT2D eigenvalue weighted by atomic mass is 9.87. The normalized spacial score (nSPS) is 28.7. The van der Waals surface area contributed by atoms with E-state index in [1.807, 2.05) is 0 Å². The number of thioether (sulfide) groups is 1. The maximum atomic E-state index is 3.82. The topological polar surface area (TPSA) is 12.0 Å². The Morgan fingerprint density at radius 1 is 1.32 bits per heavy atom. The Morgan fingerprint density at radius 3 is 2.74 bits per heavy atom. The van der Waals surface area contributed by atoms with Gasteiger partial charge in [-0.25, -0.2) is 0 Å². The predicted molar refractivity (Wildman–Crippen MR) is 88.0 cm³/mol. The summed E-state index contributed by atoms with van der Waals surface area (Å²) in [6.45, 7) is 3.48. The maximum absolute atomic E-state index is 3.82. The fourth-order valence-corrected chi connectivity index (χ4v) is 5.16. The van der Waals surface area contributed by atoms with Gasteiger partial charge in [0.2, 0.25) is 0 Å². The zero-order valence-corrected chi connectivity index (χ0v) is 13.9. The highest BCUT2D eigenvalue weighted by Crippen LogP contribution is 2.38. The van der Waals surface area contributed by atoms with Crippen LogP contribution in [0, 0.1) is 0 Å². The Kier molecular flexibility index (Phi) is 4.25. The van der Waals surface area contributed by atoms with E-state index in [1.165, 1.54) is 52.8 Å². The van der Waals surface area contributed by atoms with Crippen molar-refractivity contribution >= 4 is 27.7 Å². The molecule has 2 aliphatic rings. The number of benzene rings is 1. The van der Waals surface area contributed by atoms with Crippen molar-refractivity contribution < 1.29 is 0 Å². The van der Waals surface area contributed by atoms with E-state index < -0.39 is 0 Å². The van der Waals surface area contributed by atoms with E-state index in [0.717, 1.165) is 12.5 Å². The second-order valence-corrected chi connectivity index (χ2v) is 8.06. The van der Waals surface area contributed by atoms with Gasteiger partial charge < -0.3 is 5.32 Å². The molecule has 2 aliphatic heterocycles. The quantitative estimate of drug-likeness (QED) is 0.840. The molecule has 2 saturated heterocycles. The minimum atomic E-state index is 0.184. The van der Waals surface area contributed by atoms with Gasteiger partial charge in [-0.05, 0) is 73.8 Å². The molecule has 2 fully saturated rings. The monoisotopic (exact) mass is 339 g/mol. The summed E-state index contributed by atoms with van der Waals surface area (Å²) in [7, 11) is 0. The Labute approximate surface area is 129 Å². The van der Waals surface area contributed by atoms with Gasteiger partial charge >= 0.3 is 0 Å². The molecule has 3 heteroatoms. The lowest BCUT2D eigenvalue weighted by Crippen LogP contribution is -2.33. The summed E-state index contributed by atoms with van der Waals surface area (Å²) in [5.74, 6) is 3.39. The summed E-state index contributed by atoms with van der Waals surface area (Å²) in [4.78, 5) is 0. The first-order valence-corrected chi connectivity index (χ1v) is 9.26. The molecule has 1 aromatic carbocycles. The Hall–Kier alpha value is 0.01000. The number of halogens is 1. The summed E-state index contributed by atoms with van der Waals surface area (Å²) >= 11 is 5.92. The van der Waals surface area contributed by atoms with Gasteiger partial charge in [0.25, 0.3) is 0 Å². The number of nitrogens with one attached hydrogen (secondary N) is 1. The molecule has 0 spiro atoms. The molecule has 3 rings (SSSR count). The van der Waals surface area contributed by atoms with Crippen LogP contribution in [0.15, 0.2) is 22.7 Å². The van der Waals surface area contributed by atoms with Gasteiger partial charge in [-0.15, -0.1) is 0 Å². The van der Waals surface area contributed by atoms with Crippen LogP contribution in [0.3, 0.4) is 0 Å². The molecule has 104 valence electrons. The van der Waals surface area contributed by atoms with E-state index >= 15 is 0 Å². The second kappa shape index (κ2) is 5.79. The predicted octanol–water partition coefficient (Wildman–Crippen LogP) is 4.66. The van der Waals surface area contributed by atoms with Crippen LogP contribution in [-0.4, -0.2) is 18.1 Å². The third kappa shape index (κ3) is 2.88.